The molecule has 1 aliphatic rings. The molecule has 0 aliphatic carbocycles. The summed E-state index contributed by atoms with van der Waals surface area (Å²) in [5.74, 6) is -0.124. The Balaban J connectivity index is 1.55. The molecule has 0 unspecified atom stereocenters. The normalized spacial score (nSPS) is 14.4. The van der Waals surface area contributed by atoms with Crippen molar-refractivity contribution in [3.05, 3.63) is 93.4 Å². The lowest BCUT2D eigenvalue weighted by atomic mass is 10.1. The Kier molecular flexibility index (Phi) is 6.91. The number of hydrogen-bond acceptors (Lipinski definition) is 4. The third-order valence-electron chi connectivity index (χ3n) is 4.83. The molecule has 1 aliphatic heterocycles. The second-order valence-electron chi connectivity index (χ2n) is 7.20. The number of nitrogens with one attached hydrogen (secondary N) is 1. The number of carbonyl (C=O) groups excluding carboxylic acids is 2. The van der Waals surface area contributed by atoms with Gasteiger partial charge < -0.3 is 10.1 Å². The van der Waals surface area contributed by atoms with Crippen molar-refractivity contribution >= 4 is 62.5 Å². The van der Waals surface area contributed by atoms with Crippen LogP contribution in [0.15, 0.2) is 87.9 Å². The number of halogens is 2. The maximum Gasteiger partial charge on any atom is 0.280 e. The zero-order valence-electron chi connectivity index (χ0n) is 17.6. The van der Waals surface area contributed by atoms with Crippen molar-refractivity contribution in [2.45, 2.75) is 6.92 Å². The van der Waals surface area contributed by atoms with Crippen molar-refractivity contribution < 1.29 is 14.3 Å². The van der Waals surface area contributed by atoms with Gasteiger partial charge in [0.15, 0.2) is 6.61 Å². The van der Waals surface area contributed by atoms with Gasteiger partial charge in [-0.3, -0.25) is 9.59 Å². The summed E-state index contributed by atoms with van der Waals surface area (Å²) < 4.78 is 6.58. The predicted molar refractivity (Wildman–Crippen MR) is 135 cm³/mol. The molecular formula is C25H19BrClN3O3. The highest BCUT2D eigenvalue weighted by Crippen LogP contribution is 2.32. The van der Waals surface area contributed by atoms with Crippen LogP contribution in [0, 0.1) is 0 Å². The van der Waals surface area contributed by atoms with E-state index in [1.807, 2.05) is 24.3 Å². The molecular weight excluding hydrogens is 506 g/mol. The van der Waals surface area contributed by atoms with Crippen LogP contribution in [0.3, 0.4) is 0 Å². The third kappa shape index (κ3) is 5.32. The highest BCUT2D eigenvalue weighted by molar-refractivity contribution is 9.10. The molecule has 3 aromatic carbocycles. The average Bonchev–Trinajstić information content (AvgIpc) is 3.08. The lowest BCUT2D eigenvalue weighted by Gasteiger charge is -2.13. The molecule has 4 rings (SSSR count). The number of benzene rings is 3. The van der Waals surface area contributed by atoms with E-state index >= 15 is 0 Å². The smallest absolute Gasteiger partial charge is 0.280 e. The van der Waals surface area contributed by atoms with Crippen molar-refractivity contribution in [3.63, 3.8) is 0 Å². The molecule has 1 heterocycles. The molecule has 0 saturated heterocycles. The van der Waals surface area contributed by atoms with Crippen LogP contribution in [0.2, 0.25) is 5.02 Å². The van der Waals surface area contributed by atoms with Gasteiger partial charge in [-0.15, -0.1) is 0 Å². The van der Waals surface area contributed by atoms with Crippen LogP contribution in [-0.4, -0.2) is 24.1 Å². The number of anilines is 2. The summed E-state index contributed by atoms with van der Waals surface area (Å²) in [5.41, 5.74) is 2.79. The molecule has 0 bridgehead atoms. The number of carbonyl (C=O) groups is 2. The summed E-state index contributed by atoms with van der Waals surface area (Å²) in [6.07, 6.45) is 1.70. The van der Waals surface area contributed by atoms with Gasteiger partial charge in [-0.1, -0.05) is 57.9 Å². The SMILES string of the molecule is CC1=NN(c2ccccc2Cl)C(=O)/C1=C\c1cc(Br)ccc1OCC(=O)Nc1ccccc1. The first-order chi connectivity index (χ1) is 15.9. The molecule has 8 heteroatoms. The maximum atomic E-state index is 13.1. The number of nitrogens with zero attached hydrogens (tertiary/aromatic N) is 2. The van der Waals surface area contributed by atoms with Crippen LogP contribution in [0.5, 0.6) is 5.75 Å². The minimum atomic E-state index is -0.298. The van der Waals surface area contributed by atoms with Crippen LogP contribution in [0.4, 0.5) is 11.4 Å². The highest BCUT2D eigenvalue weighted by Gasteiger charge is 2.30. The molecule has 33 heavy (non-hydrogen) atoms. The summed E-state index contributed by atoms with van der Waals surface area (Å²) in [4.78, 5) is 25.4. The second-order valence-corrected chi connectivity index (χ2v) is 8.52. The Morgan fingerprint density at radius 1 is 1.12 bits per heavy atom. The fourth-order valence-electron chi connectivity index (χ4n) is 3.25. The Morgan fingerprint density at radius 2 is 1.85 bits per heavy atom. The standard InChI is InChI=1S/C25H19BrClN3O3/c1-16-20(25(32)30(29-16)22-10-6-5-9-21(22)27)14-17-13-18(26)11-12-23(17)33-15-24(31)28-19-7-3-2-4-8-19/h2-14H,15H2,1H3,(H,28,31)/b20-14-. The summed E-state index contributed by atoms with van der Waals surface area (Å²) in [5, 5.41) is 8.88. The molecule has 0 aromatic heterocycles. The van der Waals surface area contributed by atoms with E-state index in [0.717, 1.165) is 4.47 Å². The van der Waals surface area contributed by atoms with Gasteiger partial charge in [-0.05, 0) is 55.5 Å². The topological polar surface area (TPSA) is 71.0 Å². The van der Waals surface area contributed by atoms with E-state index in [2.05, 4.69) is 26.3 Å². The molecule has 2 amide bonds. The first kappa shape index (κ1) is 22.8. The van der Waals surface area contributed by atoms with Crippen LogP contribution < -0.4 is 15.1 Å². The zero-order chi connectivity index (χ0) is 23.4. The van der Waals surface area contributed by atoms with E-state index in [-0.39, 0.29) is 18.4 Å². The summed E-state index contributed by atoms with van der Waals surface area (Å²) in [6, 6.07) is 21.5. The van der Waals surface area contributed by atoms with Crippen LogP contribution in [0.1, 0.15) is 12.5 Å². The van der Waals surface area contributed by atoms with Gasteiger partial charge in [-0.25, -0.2) is 0 Å². The molecule has 0 radical (unpaired) electrons. The monoisotopic (exact) mass is 523 g/mol. The Bertz CT molecular complexity index is 1270. The fourth-order valence-corrected chi connectivity index (χ4v) is 3.85. The lowest BCUT2D eigenvalue weighted by molar-refractivity contribution is -0.118. The molecule has 0 saturated carbocycles. The Labute approximate surface area is 204 Å². The van der Waals surface area contributed by atoms with Crippen LogP contribution in [-0.2, 0) is 9.59 Å². The van der Waals surface area contributed by atoms with E-state index in [1.54, 1.807) is 61.5 Å². The van der Waals surface area contributed by atoms with Crippen molar-refractivity contribution in [2.75, 3.05) is 16.9 Å². The number of hydrogen-bond donors (Lipinski definition) is 1. The van der Waals surface area contributed by atoms with Gasteiger partial charge in [-0.2, -0.15) is 10.1 Å². The van der Waals surface area contributed by atoms with Crippen LogP contribution >= 0.6 is 27.5 Å². The van der Waals surface area contributed by atoms with Crippen molar-refractivity contribution in [1.82, 2.24) is 0 Å². The van der Waals surface area contributed by atoms with E-state index in [0.29, 0.717) is 39.0 Å². The molecule has 166 valence electrons. The number of hydrazone groups is 1. The summed E-state index contributed by atoms with van der Waals surface area (Å²) in [6.45, 7) is 1.58. The molecule has 0 fully saturated rings. The number of ether oxygens (including phenoxy) is 1. The van der Waals surface area contributed by atoms with Crippen molar-refractivity contribution in [2.24, 2.45) is 5.10 Å². The molecule has 0 atom stereocenters. The minimum Gasteiger partial charge on any atom is -0.483 e. The first-order valence-corrected chi connectivity index (χ1v) is 11.2. The predicted octanol–water partition coefficient (Wildman–Crippen LogP) is 5.93. The van der Waals surface area contributed by atoms with Gasteiger partial charge in [0.1, 0.15) is 5.75 Å². The third-order valence-corrected chi connectivity index (χ3v) is 5.64. The number of rotatable bonds is 6. The highest BCUT2D eigenvalue weighted by atomic mass is 79.9. The second kappa shape index (κ2) is 10.0. The van der Waals surface area contributed by atoms with E-state index in [4.69, 9.17) is 16.3 Å². The van der Waals surface area contributed by atoms with E-state index in [1.165, 1.54) is 5.01 Å². The Morgan fingerprint density at radius 3 is 2.61 bits per heavy atom. The van der Waals surface area contributed by atoms with Gasteiger partial charge in [0, 0.05) is 15.7 Å². The molecule has 6 nitrogen and oxygen atoms in total. The Hall–Kier alpha value is -3.42. The molecule has 1 N–H and O–H groups in total. The van der Waals surface area contributed by atoms with Crippen LogP contribution in [0.25, 0.3) is 6.08 Å². The van der Waals surface area contributed by atoms with E-state index in [9.17, 15) is 9.59 Å². The fraction of sp³-hybridized carbons (Fsp3) is 0.0800. The summed E-state index contributed by atoms with van der Waals surface area (Å²) in [7, 11) is 0. The zero-order valence-corrected chi connectivity index (χ0v) is 19.9. The first-order valence-electron chi connectivity index (χ1n) is 10.1. The molecule has 0 spiro atoms. The lowest BCUT2D eigenvalue weighted by Crippen LogP contribution is -2.21. The van der Waals surface area contributed by atoms with E-state index < -0.39 is 0 Å². The van der Waals surface area contributed by atoms with Crippen molar-refractivity contribution in [3.8, 4) is 5.75 Å². The van der Waals surface area contributed by atoms with Gasteiger partial charge in [0.05, 0.1) is 22.0 Å². The van der Waals surface area contributed by atoms with Crippen molar-refractivity contribution in [1.29, 1.82) is 0 Å². The minimum absolute atomic E-state index is 0.181. The largest absolute Gasteiger partial charge is 0.483 e. The molecule has 3 aromatic rings. The summed E-state index contributed by atoms with van der Waals surface area (Å²) >= 11 is 9.70. The van der Waals surface area contributed by atoms with Gasteiger partial charge >= 0.3 is 0 Å². The van der Waals surface area contributed by atoms with Gasteiger partial charge in [0.2, 0.25) is 0 Å². The number of amides is 2. The maximum absolute atomic E-state index is 13.1. The number of para-hydroxylation sites is 2. The average molecular weight is 525 g/mol. The quantitative estimate of drug-likeness (QED) is 0.407. The van der Waals surface area contributed by atoms with Gasteiger partial charge in [0.25, 0.3) is 11.8 Å².